The van der Waals surface area contributed by atoms with Gasteiger partial charge in [-0.05, 0) is 18.1 Å². The quantitative estimate of drug-likeness (QED) is 0.920. The summed E-state index contributed by atoms with van der Waals surface area (Å²) in [6, 6.07) is 18.4. The number of nitrogens with one attached hydrogen (secondary N) is 1. The van der Waals surface area contributed by atoms with Crippen molar-refractivity contribution in [1.29, 1.82) is 0 Å². The van der Waals surface area contributed by atoms with Gasteiger partial charge in [0.2, 0.25) is 5.91 Å². The first-order chi connectivity index (χ1) is 11.7. The van der Waals surface area contributed by atoms with Crippen molar-refractivity contribution in [3.05, 3.63) is 71.8 Å². The van der Waals surface area contributed by atoms with Crippen molar-refractivity contribution in [2.75, 3.05) is 6.54 Å². The molecular weight excluding hydrogens is 304 g/mol. The molecule has 0 aliphatic carbocycles. The largest absolute Gasteiger partial charge is 0.439 e. The van der Waals surface area contributed by atoms with Gasteiger partial charge in [-0.15, -0.1) is 0 Å². The summed E-state index contributed by atoms with van der Waals surface area (Å²) in [6.07, 6.45) is -1.16. The van der Waals surface area contributed by atoms with E-state index in [0.717, 1.165) is 11.1 Å². The molecule has 2 atom stereocenters. The van der Waals surface area contributed by atoms with Gasteiger partial charge in [0.15, 0.2) is 12.1 Å². The second kappa shape index (κ2) is 7.17. The first-order valence-corrected chi connectivity index (χ1v) is 8.04. The first kappa shape index (κ1) is 16.1. The van der Waals surface area contributed by atoms with Gasteiger partial charge in [-0.1, -0.05) is 60.7 Å². The number of cyclic esters (lactones) is 1. The molecule has 0 aromatic heterocycles. The highest BCUT2D eigenvalue weighted by atomic mass is 16.6. The van der Waals surface area contributed by atoms with Gasteiger partial charge in [-0.3, -0.25) is 4.79 Å². The van der Waals surface area contributed by atoms with E-state index in [9.17, 15) is 9.59 Å². The Morgan fingerprint density at radius 1 is 1.08 bits per heavy atom. The van der Waals surface area contributed by atoms with Crippen molar-refractivity contribution in [2.45, 2.75) is 25.6 Å². The van der Waals surface area contributed by atoms with Gasteiger partial charge in [0, 0.05) is 13.1 Å². The second-order valence-corrected chi connectivity index (χ2v) is 5.70. The van der Waals surface area contributed by atoms with Gasteiger partial charge in [0.1, 0.15) is 0 Å². The molecule has 3 rings (SSSR count). The third-order valence-electron chi connectivity index (χ3n) is 4.11. The van der Waals surface area contributed by atoms with Crippen molar-refractivity contribution in [2.24, 2.45) is 0 Å². The van der Waals surface area contributed by atoms with Crippen LogP contribution in [0.5, 0.6) is 0 Å². The minimum Gasteiger partial charge on any atom is -0.439 e. The monoisotopic (exact) mass is 324 g/mol. The van der Waals surface area contributed by atoms with Crippen LogP contribution in [0.25, 0.3) is 0 Å². The minimum absolute atomic E-state index is 0.138. The Kier molecular flexibility index (Phi) is 4.79. The molecule has 2 aromatic carbocycles. The molecule has 0 spiro atoms. The molecule has 2 amide bonds. The number of ether oxygens (including phenoxy) is 1. The number of alkyl carbamates (subject to hydrolysis) is 1. The molecule has 5 heteroatoms. The third kappa shape index (κ3) is 3.40. The maximum Gasteiger partial charge on any atom is 0.408 e. The van der Waals surface area contributed by atoms with E-state index >= 15 is 0 Å². The average molecular weight is 324 g/mol. The lowest BCUT2D eigenvalue weighted by Gasteiger charge is -2.26. The van der Waals surface area contributed by atoms with Gasteiger partial charge in [-0.2, -0.15) is 0 Å². The lowest BCUT2D eigenvalue weighted by molar-refractivity contribution is -0.134. The van der Waals surface area contributed by atoms with E-state index in [4.69, 9.17) is 4.74 Å². The molecule has 0 saturated carbocycles. The summed E-state index contributed by atoms with van der Waals surface area (Å²) in [7, 11) is 0. The van der Waals surface area contributed by atoms with Crippen LogP contribution in [0.15, 0.2) is 60.7 Å². The summed E-state index contributed by atoms with van der Waals surface area (Å²) in [5.74, 6) is -0.138. The van der Waals surface area contributed by atoms with Crippen molar-refractivity contribution in [3.63, 3.8) is 0 Å². The minimum atomic E-state index is -0.705. The number of carbonyl (C=O) groups excluding carboxylic acids is 2. The predicted octanol–water partition coefficient (Wildman–Crippen LogP) is 2.88. The van der Waals surface area contributed by atoms with Crippen molar-refractivity contribution in [1.82, 2.24) is 10.2 Å². The molecule has 1 fully saturated rings. The fourth-order valence-corrected chi connectivity index (χ4v) is 2.86. The van der Waals surface area contributed by atoms with Crippen LogP contribution in [0.2, 0.25) is 0 Å². The van der Waals surface area contributed by atoms with E-state index in [0.29, 0.717) is 13.1 Å². The van der Waals surface area contributed by atoms with E-state index in [1.54, 1.807) is 4.90 Å². The van der Waals surface area contributed by atoms with Gasteiger partial charge < -0.3 is 15.0 Å². The molecule has 24 heavy (non-hydrogen) atoms. The fraction of sp³-hybridized carbons (Fsp3) is 0.263. The third-order valence-corrected chi connectivity index (χ3v) is 4.11. The van der Waals surface area contributed by atoms with Crippen LogP contribution < -0.4 is 5.32 Å². The molecule has 1 N–H and O–H groups in total. The predicted molar refractivity (Wildman–Crippen MR) is 90.1 cm³/mol. The maximum atomic E-state index is 12.9. The van der Waals surface area contributed by atoms with Crippen LogP contribution in [0, 0.1) is 0 Å². The van der Waals surface area contributed by atoms with Gasteiger partial charge in [0.25, 0.3) is 0 Å². The van der Waals surface area contributed by atoms with Crippen LogP contribution in [0.1, 0.15) is 24.2 Å². The maximum absolute atomic E-state index is 12.9. The Labute approximate surface area is 141 Å². The van der Waals surface area contributed by atoms with E-state index < -0.39 is 18.2 Å². The Morgan fingerprint density at radius 3 is 2.33 bits per heavy atom. The summed E-state index contributed by atoms with van der Waals surface area (Å²) in [6.45, 7) is 2.99. The SMILES string of the molecule is CCN(Cc1ccccc1)C(=O)C1NC(=O)OC1c1ccccc1. The average Bonchev–Trinajstić information content (AvgIpc) is 3.02. The number of nitrogens with zero attached hydrogens (tertiary/aromatic N) is 1. The highest BCUT2D eigenvalue weighted by Gasteiger charge is 2.41. The summed E-state index contributed by atoms with van der Waals surface area (Å²) in [5.41, 5.74) is 1.86. The zero-order valence-electron chi connectivity index (χ0n) is 13.5. The lowest BCUT2D eigenvalue weighted by Crippen LogP contribution is -2.46. The Balaban J connectivity index is 1.79. The lowest BCUT2D eigenvalue weighted by atomic mass is 10.0. The van der Waals surface area contributed by atoms with E-state index in [-0.39, 0.29) is 5.91 Å². The van der Waals surface area contributed by atoms with Gasteiger partial charge in [0.05, 0.1) is 0 Å². The van der Waals surface area contributed by atoms with E-state index in [1.165, 1.54) is 0 Å². The molecular formula is C19H20N2O3. The summed E-state index contributed by atoms with van der Waals surface area (Å²) in [4.78, 5) is 26.4. The van der Waals surface area contributed by atoms with E-state index in [1.807, 2.05) is 67.6 Å². The van der Waals surface area contributed by atoms with Crippen molar-refractivity contribution in [3.8, 4) is 0 Å². The van der Waals surface area contributed by atoms with E-state index in [2.05, 4.69) is 5.32 Å². The molecule has 1 saturated heterocycles. The molecule has 1 aliphatic rings. The fourth-order valence-electron chi connectivity index (χ4n) is 2.86. The Morgan fingerprint density at radius 2 is 1.71 bits per heavy atom. The van der Waals surface area contributed by atoms with Crippen molar-refractivity contribution < 1.29 is 14.3 Å². The zero-order valence-corrected chi connectivity index (χ0v) is 13.5. The van der Waals surface area contributed by atoms with Gasteiger partial charge >= 0.3 is 6.09 Å². The number of carbonyl (C=O) groups is 2. The molecule has 1 heterocycles. The second-order valence-electron chi connectivity index (χ2n) is 5.70. The molecule has 124 valence electrons. The molecule has 0 radical (unpaired) electrons. The number of amides is 2. The summed E-state index contributed by atoms with van der Waals surface area (Å²) in [5, 5.41) is 2.65. The first-order valence-electron chi connectivity index (χ1n) is 8.04. The standard InChI is InChI=1S/C19H20N2O3/c1-2-21(13-14-9-5-3-6-10-14)18(22)16-17(24-19(23)20-16)15-11-7-4-8-12-15/h3-12,16-17H,2,13H2,1H3,(H,20,23). The Bertz CT molecular complexity index is 703. The number of hydrogen-bond donors (Lipinski definition) is 1. The molecule has 2 unspecified atom stereocenters. The van der Waals surface area contributed by atoms with Crippen LogP contribution in [-0.2, 0) is 16.1 Å². The number of likely N-dealkylation sites (N-methyl/N-ethyl adjacent to an activating group) is 1. The highest BCUT2D eigenvalue weighted by molar-refractivity contribution is 5.89. The van der Waals surface area contributed by atoms with Gasteiger partial charge in [-0.25, -0.2) is 4.79 Å². The molecule has 1 aliphatic heterocycles. The number of rotatable bonds is 5. The Hall–Kier alpha value is -2.82. The molecule has 5 nitrogen and oxygen atoms in total. The zero-order chi connectivity index (χ0) is 16.9. The van der Waals surface area contributed by atoms with Crippen molar-refractivity contribution >= 4 is 12.0 Å². The smallest absolute Gasteiger partial charge is 0.408 e. The molecule has 0 bridgehead atoms. The van der Waals surface area contributed by atoms with Crippen LogP contribution in [0.3, 0.4) is 0 Å². The summed E-state index contributed by atoms with van der Waals surface area (Å²) >= 11 is 0. The highest BCUT2D eigenvalue weighted by Crippen LogP contribution is 2.27. The van der Waals surface area contributed by atoms with Crippen LogP contribution in [0.4, 0.5) is 4.79 Å². The summed E-state index contributed by atoms with van der Waals surface area (Å²) < 4.78 is 5.33. The normalized spacial score (nSPS) is 19.5. The number of benzene rings is 2. The molecule has 2 aromatic rings. The van der Waals surface area contributed by atoms with Crippen LogP contribution in [-0.4, -0.2) is 29.5 Å². The van der Waals surface area contributed by atoms with Crippen LogP contribution >= 0.6 is 0 Å². The topological polar surface area (TPSA) is 58.6 Å². The number of hydrogen-bond acceptors (Lipinski definition) is 3.